The lowest BCUT2D eigenvalue weighted by atomic mass is 10.1. The fourth-order valence-corrected chi connectivity index (χ4v) is 2.70. The van der Waals surface area contributed by atoms with E-state index in [0.717, 1.165) is 30.9 Å². The van der Waals surface area contributed by atoms with Gasteiger partial charge >= 0.3 is 0 Å². The lowest BCUT2D eigenvalue weighted by Crippen LogP contribution is -2.15. The van der Waals surface area contributed by atoms with Gasteiger partial charge in [0, 0.05) is 0 Å². The fourth-order valence-electron chi connectivity index (χ4n) is 2.08. The highest BCUT2D eigenvalue weighted by atomic mass is 32.1. The van der Waals surface area contributed by atoms with Crippen LogP contribution in [0, 0.1) is 0 Å². The van der Waals surface area contributed by atoms with E-state index >= 15 is 0 Å². The molecule has 2 heterocycles. The first-order chi connectivity index (χ1) is 8.84. The molecule has 18 heavy (non-hydrogen) atoms. The van der Waals surface area contributed by atoms with Gasteiger partial charge in [-0.3, -0.25) is 4.79 Å². The maximum atomic E-state index is 12.0. The molecule has 0 fully saturated rings. The van der Waals surface area contributed by atoms with Crippen molar-refractivity contribution in [2.24, 2.45) is 0 Å². The number of rotatable bonds is 2. The van der Waals surface area contributed by atoms with Gasteiger partial charge in [0.05, 0.1) is 17.2 Å². The molecule has 1 aliphatic heterocycles. The lowest BCUT2D eigenvalue weighted by molar-refractivity contribution is 0.103. The highest BCUT2D eigenvalue weighted by molar-refractivity contribution is 7.12. The van der Waals surface area contributed by atoms with E-state index in [1.54, 1.807) is 0 Å². The topological polar surface area (TPSA) is 38.3 Å². The number of hydrogen-bond donors (Lipinski definition) is 1. The zero-order valence-corrected chi connectivity index (χ0v) is 10.6. The molecule has 92 valence electrons. The predicted molar refractivity (Wildman–Crippen MR) is 72.5 cm³/mol. The van der Waals surface area contributed by atoms with Crippen molar-refractivity contribution in [3.05, 3.63) is 46.2 Å². The van der Waals surface area contributed by atoms with Gasteiger partial charge in [0.15, 0.2) is 0 Å². The lowest BCUT2D eigenvalue weighted by Gasteiger charge is -2.20. The Kier molecular flexibility index (Phi) is 3.02. The quantitative estimate of drug-likeness (QED) is 0.898. The minimum Gasteiger partial charge on any atom is -0.491 e. The number of carbonyl (C=O) groups excluding carboxylic acids is 1. The molecule has 0 unspecified atom stereocenters. The average Bonchev–Trinajstić information content (AvgIpc) is 2.93. The van der Waals surface area contributed by atoms with Gasteiger partial charge in [-0.1, -0.05) is 18.2 Å². The Balaban J connectivity index is 1.87. The largest absolute Gasteiger partial charge is 0.491 e. The van der Waals surface area contributed by atoms with Crippen LogP contribution in [0.15, 0.2) is 35.7 Å². The van der Waals surface area contributed by atoms with Crippen LogP contribution in [0.3, 0.4) is 0 Å². The molecular formula is C14H13NO2S. The summed E-state index contributed by atoms with van der Waals surface area (Å²) in [6.07, 6.45) is 2.05. The van der Waals surface area contributed by atoms with Gasteiger partial charge in [-0.15, -0.1) is 11.3 Å². The normalized spacial score (nSPS) is 13.6. The molecule has 0 aliphatic carbocycles. The molecule has 0 bridgehead atoms. The van der Waals surface area contributed by atoms with Crippen molar-refractivity contribution in [3.63, 3.8) is 0 Å². The molecule has 1 amide bonds. The third kappa shape index (κ3) is 2.11. The van der Waals surface area contributed by atoms with Crippen LogP contribution in [-0.4, -0.2) is 12.5 Å². The van der Waals surface area contributed by atoms with Gasteiger partial charge < -0.3 is 10.1 Å². The van der Waals surface area contributed by atoms with E-state index in [1.165, 1.54) is 16.9 Å². The number of aryl methyl sites for hydroxylation is 1. The first-order valence-corrected chi connectivity index (χ1v) is 6.82. The van der Waals surface area contributed by atoms with Gasteiger partial charge in [-0.2, -0.15) is 0 Å². The molecule has 0 spiro atoms. The van der Waals surface area contributed by atoms with Gasteiger partial charge in [0.1, 0.15) is 5.75 Å². The number of fused-ring (bicyclic) bond motifs is 1. The number of hydrogen-bond acceptors (Lipinski definition) is 3. The second kappa shape index (κ2) is 4.82. The summed E-state index contributed by atoms with van der Waals surface area (Å²) in [5.74, 6) is 0.751. The van der Waals surface area contributed by atoms with Crippen LogP contribution >= 0.6 is 11.3 Å². The zero-order valence-electron chi connectivity index (χ0n) is 9.81. The molecule has 0 saturated carbocycles. The summed E-state index contributed by atoms with van der Waals surface area (Å²) >= 11 is 1.43. The highest BCUT2D eigenvalue weighted by Crippen LogP contribution is 2.33. The SMILES string of the molecule is O=C(Nc1cccc2c1OCCC2)c1cccs1. The summed E-state index contributed by atoms with van der Waals surface area (Å²) in [5, 5.41) is 4.81. The van der Waals surface area contributed by atoms with E-state index < -0.39 is 0 Å². The number of benzene rings is 1. The van der Waals surface area contributed by atoms with Gasteiger partial charge in [-0.25, -0.2) is 0 Å². The first-order valence-electron chi connectivity index (χ1n) is 5.94. The summed E-state index contributed by atoms with van der Waals surface area (Å²) < 4.78 is 5.66. The average molecular weight is 259 g/mol. The Morgan fingerprint density at radius 1 is 1.28 bits per heavy atom. The number of thiophene rings is 1. The number of anilines is 1. The second-order valence-corrected chi connectivity index (χ2v) is 5.12. The van der Waals surface area contributed by atoms with Crippen molar-refractivity contribution in [3.8, 4) is 5.75 Å². The van der Waals surface area contributed by atoms with Gasteiger partial charge in [0.25, 0.3) is 5.91 Å². The third-order valence-electron chi connectivity index (χ3n) is 2.93. The Hall–Kier alpha value is -1.81. The Morgan fingerprint density at radius 3 is 3.06 bits per heavy atom. The summed E-state index contributed by atoms with van der Waals surface area (Å²) in [5.41, 5.74) is 1.94. The monoisotopic (exact) mass is 259 g/mol. The van der Waals surface area contributed by atoms with Crippen molar-refractivity contribution < 1.29 is 9.53 Å². The molecule has 1 N–H and O–H groups in total. The summed E-state index contributed by atoms with van der Waals surface area (Å²) in [6, 6.07) is 9.58. The van der Waals surface area contributed by atoms with Crippen molar-refractivity contribution in [1.82, 2.24) is 0 Å². The molecule has 1 aromatic heterocycles. The molecular weight excluding hydrogens is 246 g/mol. The van der Waals surface area contributed by atoms with Crippen LogP contribution in [0.25, 0.3) is 0 Å². The summed E-state index contributed by atoms with van der Waals surface area (Å²) in [7, 11) is 0. The van der Waals surface area contributed by atoms with Crippen LogP contribution in [0.5, 0.6) is 5.75 Å². The molecule has 0 radical (unpaired) electrons. The Labute approximate surface area is 109 Å². The van der Waals surface area contributed by atoms with E-state index in [2.05, 4.69) is 11.4 Å². The molecule has 2 aromatic rings. The Morgan fingerprint density at radius 2 is 2.22 bits per heavy atom. The van der Waals surface area contributed by atoms with Crippen LogP contribution in [0.1, 0.15) is 21.7 Å². The minimum absolute atomic E-state index is 0.0763. The number of nitrogens with one attached hydrogen (secondary N) is 1. The van der Waals surface area contributed by atoms with Crippen LogP contribution in [0.4, 0.5) is 5.69 Å². The van der Waals surface area contributed by atoms with Gasteiger partial charge in [0.2, 0.25) is 0 Å². The standard InChI is InChI=1S/C14H13NO2S/c16-14(12-7-3-9-18-12)15-11-6-1-4-10-5-2-8-17-13(10)11/h1,3-4,6-7,9H,2,5,8H2,(H,15,16). The molecule has 3 rings (SSSR count). The molecule has 1 aliphatic rings. The van der Waals surface area contributed by atoms with Crippen LogP contribution in [0.2, 0.25) is 0 Å². The minimum atomic E-state index is -0.0763. The molecule has 0 atom stereocenters. The maximum Gasteiger partial charge on any atom is 0.265 e. The number of ether oxygens (including phenoxy) is 1. The molecule has 4 heteroatoms. The Bertz CT molecular complexity index is 563. The third-order valence-corrected chi connectivity index (χ3v) is 3.80. The maximum absolute atomic E-state index is 12.0. The zero-order chi connectivity index (χ0) is 12.4. The van der Waals surface area contributed by atoms with Crippen LogP contribution < -0.4 is 10.1 Å². The number of amides is 1. The van der Waals surface area contributed by atoms with E-state index in [4.69, 9.17) is 4.74 Å². The van der Waals surface area contributed by atoms with Crippen molar-refractivity contribution >= 4 is 22.9 Å². The van der Waals surface area contributed by atoms with Crippen molar-refractivity contribution in [2.45, 2.75) is 12.8 Å². The van der Waals surface area contributed by atoms with Crippen LogP contribution in [-0.2, 0) is 6.42 Å². The van der Waals surface area contributed by atoms with E-state index in [0.29, 0.717) is 4.88 Å². The molecule has 3 nitrogen and oxygen atoms in total. The fraction of sp³-hybridized carbons (Fsp3) is 0.214. The summed E-state index contributed by atoms with van der Waals surface area (Å²) in [4.78, 5) is 12.7. The number of para-hydroxylation sites is 1. The summed E-state index contributed by atoms with van der Waals surface area (Å²) in [6.45, 7) is 0.721. The smallest absolute Gasteiger partial charge is 0.265 e. The predicted octanol–water partition coefficient (Wildman–Crippen LogP) is 3.33. The highest BCUT2D eigenvalue weighted by Gasteiger charge is 2.16. The van der Waals surface area contributed by atoms with E-state index in [1.807, 2.05) is 29.6 Å². The van der Waals surface area contributed by atoms with E-state index in [9.17, 15) is 4.79 Å². The second-order valence-electron chi connectivity index (χ2n) is 4.18. The van der Waals surface area contributed by atoms with Crippen molar-refractivity contribution in [1.29, 1.82) is 0 Å². The van der Waals surface area contributed by atoms with Gasteiger partial charge in [-0.05, 0) is 35.9 Å². The number of carbonyl (C=O) groups is 1. The van der Waals surface area contributed by atoms with Crippen molar-refractivity contribution in [2.75, 3.05) is 11.9 Å². The van der Waals surface area contributed by atoms with E-state index in [-0.39, 0.29) is 5.91 Å². The molecule has 0 saturated heterocycles. The molecule has 1 aromatic carbocycles. The first kappa shape index (κ1) is 11.3.